The Kier molecular flexibility index (Phi) is 41.0. The maximum atomic E-state index is 12.8. The highest BCUT2D eigenvalue weighted by Gasteiger charge is 2.18. The number of hydrogen-bond acceptors (Lipinski definition) is 6. The van der Waals surface area contributed by atoms with Crippen LogP contribution in [0.4, 0.5) is 0 Å². The van der Waals surface area contributed by atoms with Crippen molar-refractivity contribution >= 4 is 23.8 Å². The Hall–Kier alpha value is -3.20. The van der Waals surface area contributed by atoms with E-state index >= 15 is 0 Å². The molecule has 2 amide bonds. The molecule has 0 fully saturated rings. The largest absolute Gasteiger partial charge is 0.480 e. The summed E-state index contributed by atoms with van der Waals surface area (Å²) in [5.41, 5.74) is 0. The van der Waals surface area contributed by atoms with Crippen LogP contribution < -0.4 is 10.6 Å². The second-order valence-corrected chi connectivity index (χ2v) is 15.8. The molecule has 0 aliphatic heterocycles. The average Bonchev–Trinajstić information content (AvgIpc) is 3.21. The smallest absolute Gasteiger partial charge is 0.328 e. The second-order valence-electron chi connectivity index (χ2n) is 15.8. The van der Waals surface area contributed by atoms with Crippen molar-refractivity contribution in [2.45, 2.75) is 225 Å². The molecule has 0 saturated heterocycles. The highest BCUT2D eigenvalue weighted by atomic mass is 16.5. The van der Waals surface area contributed by atoms with E-state index in [1.807, 2.05) is 0 Å². The molecule has 2 unspecified atom stereocenters. The Morgan fingerprint density at radius 2 is 0.983 bits per heavy atom. The molecule has 0 heterocycles. The highest BCUT2D eigenvalue weighted by molar-refractivity contribution is 5.87. The van der Waals surface area contributed by atoms with Gasteiger partial charge < -0.3 is 25.6 Å². The zero-order valence-electron chi connectivity index (χ0n) is 37.0. The number of hydrogen-bond donors (Lipinski definition) is 4. The number of carboxylic acid groups (broad SMARTS) is 1. The summed E-state index contributed by atoms with van der Waals surface area (Å²) in [4.78, 5) is 47.6. The lowest BCUT2D eigenvalue weighted by molar-refractivity contribution is -0.147. The van der Waals surface area contributed by atoms with Crippen LogP contribution in [-0.2, 0) is 23.9 Å². The first kappa shape index (κ1) is 54.8. The van der Waals surface area contributed by atoms with Crippen molar-refractivity contribution in [3.05, 3.63) is 48.6 Å². The lowest BCUT2D eigenvalue weighted by Crippen LogP contribution is -2.47. The highest BCUT2D eigenvalue weighted by Crippen LogP contribution is 2.16. The van der Waals surface area contributed by atoms with Crippen molar-refractivity contribution in [3.63, 3.8) is 0 Å². The molecule has 58 heavy (non-hydrogen) atoms. The number of esters is 1. The van der Waals surface area contributed by atoms with Crippen LogP contribution in [0.1, 0.15) is 213 Å². The van der Waals surface area contributed by atoms with Crippen molar-refractivity contribution in [3.8, 4) is 0 Å². The molecule has 9 heteroatoms. The van der Waals surface area contributed by atoms with E-state index in [1.54, 1.807) is 0 Å². The zero-order valence-corrected chi connectivity index (χ0v) is 37.0. The Labute approximate surface area is 354 Å². The zero-order chi connectivity index (χ0) is 42.6. The Morgan fingerprint density at radius 1 is 0.534 bits per heavy atom. The summed E-state index contributed by atoms with van der Waals surface area (Å²) >= 11 is 0. The van der Waals surface area contributed by atoms with Gasteiger partial charge in [0.1, 0.15) is 12.1 Å². The molecule has 0 aliphatic rings. The molecule has 0 aromatic rings. The maximum Gasteiger partial charge on any atom is 0.328 e. The van der Waals surface area contributed by atoms with Gasteiger partial charge in [-0.25, -0.2) is 4.79 Å². The van der Waals surface area contributed by atoms with Crippen LogP contribution in [0.2, 0.25) is 0 Å². The number of aliphatic carboxylic acids is 1. The molecule has 0 rings (SSSR count). The first-order chi connectivity index (χ1) is 28.3. The van der Waals surface area contributed by atoms with Crippen molar-refractivity contribution in [2.24, 2.45) is 0 Å². The van der Waals surface area contributed by atoms with Crippen LogP contribution in [0.5, 0.6) is 0 Å². The van der Waals surface area contributed by atoms with Crippen LogP contribution in [0.25, 0.3) is 0 Å². The lowest BCUT2D eigenvalue weighted by atomic mass is 10.1. The van der Waals surface area contributed by atoms with Crippen molar-refractivity contribution in [2.75, 3.05) is 13.2 Å². The van der Waals surface area contributed by atoms with Gasteiger partial charge in [-0.3, -0.25) is 14.4 Å². The van der Waals surface area contributed by atoms with Gasteiger partial charge in [0.2, 0.25) is 11.8 Å². The Balaban J connectivity index is 4.16. The van der Waals surface area contributed by atoms with E-state index in [-0.39, 0.29) is 30.9 Å². The number of nitrogens with one attached hydrogen (secondary N) is 2. The molecule has 0 aromatic carbocycles. The van der Waals surface area contributed by atoms with Crippen LogP contribution in [-0.4, -0.2) is 59.3 Å². The number of ether oxygens (including phenoxy) is 1. The fraction of sp³-hybridized carbons (Fsp3) is 0.755. The van der Waals surface area contributed by atoms with E-state index in [9.17, 15) is 19.2 Å². The Bertz CT molecular complexity index is 1120. The second kappa shape index (κ2) is 43.4. The van der Waals surface area contributed by atoms with Gasteiger partial charge >= 0.3 is 11.9 Å². The van der Waals surface area contributed by atoms with Gasteiger partial charge in [-0.15, -0.1) is 0 Å². The molecule has 9 nitrogen and oxygen atoms in total. The first-order valence-corrected chi connectivity index (χ1v) is 23.5. The third-order valence-electron chi connectivity index (χ3n) is 10.3. The topological polar surface area (TPSA) is 142 Å². The number of allylic oxidation sites excluding steroid dienone is 7. The third-order valence-corrected chi connectivity index (χ3v) is 10.3. The van der Waals surface area contributed by atoms with E-state index in [2.05, 4.69) is 73.1 Å². The molecular weight excluding hydrogens is 729 g/mol. The summed E-state index contributed by atoms with van der Waals surface area (Å²) in [5, 5.41) is 22.6. The number of aliphatic hydroxyl groups excluding tert-OH is 1. The number of rotatable bonds is 42. The van der Waals surface area contributed by atoms with Crippen LogP contribution in [0.15, 0.2) is 48.6 Å². The SMILES string of the molecule is CCCCCCC/C=C\C/C=C\C/C=C\CCCCCCCCCCC(=O)OC(/C=C\CCCCCCCC)CCCCCCC(=O)NCC(=O)NC(CO)C(=O)O. The van der Waals surface area contributed by atoms with Gasteiger partial charge in [0.15, 0.2) is 0 Å². The standard InChI is InChI=1S/C49H86N2O7/c1-3-5-7-9-11-13-14-15-16-17-18-19-20-21-22-23-24-25-26-27-29-31-37-41-48(55)58-44(38-34-30-28-12-10-8-6-4-2)39-35-32-33-36-40-46(53)50-42-47(54)51-45(43-52)49(56)57/h14-15,17-18,20-21,34,38,44-45,52H,3-13,16,19,22-33,35-37,39-43H2,1-2H3,(H,50,53)(H,51,54)(H,56,57)/b15-14-,18-17-,21-20-,38-34-. The molecule has 334 valence electrons. The Morgan fingerprint density at radius 3 is 1.50 bits per heavy atom. The van der Waals surface area contributed by atoms with Gasteiger partial charge in [-0.2, -0.15) is 0 Å². The first-order valence-electron chi connectivity index (χ1n) is 23.5. The molecule has 0 aliphatic carbocycles. The molecule has 4 N–H and O–H groups in total. The summed E-state index contributed by atoms with van der Waals surface area (Å²) in [6.07, 6.45) is 51.6. The van der Waals surface area contributed by atoms with Gasteiger partial charge in [-0.1, -0.05) is 166 Å². The fourth-order valence-corrected chi connectivity index (χ4v) is 6.63. The predicted molar refractivity (Wildman–Crippen MR) is 241 cm³/mol. The summed E-state index contributed by atoms with van der Waals surface area (Å²) < 4.78 is 5.92. The number of carbonyl (C=O) groups excluding carboxylic acids is 3. The van der Waals surface area contributed by atoms with E-state index in [0.29, 0.717) is 12.8 Å². The minimum atomic E-state index is -1.39. The summed E-state index contributed by atoms with van der Waals surface area (Å²) in [7, 11) is 0. The predicted octanol–water partition coefficient (Wildman–Crippen LogP) is 11.9. The number of carbonyl (C=O) groups is 4. The van der Waals surface area contributed by atoms with Gasteiger partial charge in [0.05, 0.1) is 13.2 Å². The lowest BCUT2D eigenvalue weighted by Gasteiger charge is -2.15. The van der Waals surface area contributed by atoms with Crippen LogP contribution >= 0.6 is 0 Å². The van der Waals surface area contributed by atoms with E-state index < -0.39 is 24.5 Å². The molecule has 0 spiro atoms. The molecule has 0 aromatic heterocycles. The van der Waals surface area contributed by atoms with E-state index in [4.69, 9.17) is 14.9 Å². The molecule has 0 bridgehead atoms. The van der Waals surface area contributed by atoms with E-state index in [1.165, 1.54) is 103 Å². The van der Waals surface area contributed by atoms with Gasteiger partial charge in [-0.05, 0) is 83.1 Å². The fourth-order valence-electron chi connectivity index (χ4n) is 6.63. The molecule has 0 radical (unpaired) electrons. The quantitative estimate of drug-likeness (QED) is 0.0273. The van der Waals surface area contributed by atoms with Gasteiger partial charge in [0.25, 0.3) is 0 Å². The minimum absolute atomic E-state index is 0.118. The van der Waals surface area contributed by atoms with Gasteiger partial charge in [0, 0.05) is 12.8 Å². The summed E-state index contributed by atoms with van der Waals surface area (Å²) in [6, 6.07) is -1.39. The average molecular weight is 815 g/mol. The molecule has 0 saturated carbocycles. The van der Waals surface area contributed by atoms with Crippen molar-refractivity contribution < 1.29 is 34.1 Å². The monoisotopic (exact) mass is 815 g/mol. The summed E-state index contributed by atoms with van der Waals surface area (Å²) in [6.45, 7) is 3.43. The summed E-state index contributed by atoms with van der Waals surface area (Å²) in [5.74, 6) is -2.40. The number of carboxylic acids is 1. The molecular formula is C49H86N2O7. The van der Waals surface area contributed by atoms with Crippen molar-refractivity contribution in [1.29, 1.82) is 0 Å². The third kappa shape index (κ3) is 39.6. The number of aliphatic hydroxyl groups is 1. The molecule has 2 atom stereocenters. The maximum absolute atomic E-state index is 12.8. The van der Waals surface area contributed by atoms with E-state index in [0.717, 1.165) is 77.0 Å². The van der Waals surface area contributed by atoms with Crippen LogP contribution in [0.3, 0.4) is 0 Å². The minimum Gasteiger partial charge on any atom is -0.480 e. The van der Waals surface area contributed by atoms with Crippen LogP contribution in [0, 0.1) is 0 Å². The number of unbranched alkanes of at least 4 members (excludes halogenated alkanes) is 22. The van der Waals surface area contributed by atoms with Crippen molar-refractivity contribution in [1.82, 2.24) is 10.6 Å². The normalized spacial score (nSPS) is 12.9. The number of amides is 2.